The first-order valence-corrected chi connectivity index (χ1v) is 35.5. The van der Waals surface area contributed by atoms with E-state index in [-0.39, 0.29) is 162 Å². The Morgan fingerprint density at radius 3 is 1.35 bits per heavy atom. The number of nitrogens with zero attached hydrogens (tertiary/aromatic N) is 1. The summed E-state index contributed by atoms with van der Waals surface area (Å²) in [7, 11) is -5.37. The first-order chi connectivity index (χ1) is 45.6. The fourth-order valence-corrected chi connectivity index (χ4v) is 10.1. The molecule has 0 aromatic rings. The van der Waals surface area contributed by atoms with Crippen molar-refractivity contribution >= 4 is 70.7 Å². The minimum absolute atomic E-state index is 0.000423. The molecule has 6 amide bonds. The minimum atomic E-state index is -4.81. The molecule has 1 aliphatic heterocycles. The van der Waals surface area contributed by atoms with Gasteiger partial charge in [-0.3, -0.25) is 48.0 Å². The van der Waals surface area contributed by atoms with Crippen LogP contribution in [0.5, 0.6) is 0 Å². The van der Waals surface area contributed by atoms with E-state index < -0.39 is 119 Å². The number of thioether (sulfide) groups is 1. The molecule has 1 aliphatic rings. The Hall–Kier alpha value is -3.11. The number of aliphatic hydroxyl groups excluding tert-OH is 6. The van der Waals surface area contributed by atoms with E-state index in [0.29, 0.717) is 51.9 Å². The second-order valence-electron chi connectivity index (χ2n) is 21.6. The summed E-state index contributed by atoms with van der Waals surface area (Å²) in [5, 5.41) is 79.1. The van der Waals surface area contributed by atoms with Crippen molar-refractivity contribution < 1.29 is 149 Å². The number of phosphoric acid groups is 2. The summed E-state index contributed by atoms with van der Waals surface area (Å²) in [5.74, 6) is -6.15. The molecule has 12 unspecified atom stereocenters. The third-order valence-corrected chi connectivity index (χ3v) is 15.9. The molecule has 0 aromatic heterocycles. The topological polar surface area (TPSA) is 534 Å². The van der Waals surface area contributed by atoms with Crippen molar-refractivity contribution in [2.45, 2.75) is 87.2 Å². The Bertz CT molecular complexity index is 2120. The van der Waals surface area contributed by atoms with Crippen LogP contribution in [0.3, 0.4) is 0 Å². The van der Waals surface area contributed by atoms with Crippen LogP contribution < -0.4 is 31.9 Å². The smallest absolute Gasteiger partial charge is 0.390 e. The Kier molecular flexibility index (Phi) is 51.7. The van der Waals surface area contributed by atoms with E-state index in [0.717, 1.165) is 16.7 Å². The minimum Gasteiger partial charge on any atom is -0.390 e. The van der Waals surface area contributed by atoms with Gasteiger partial charge in [-0.2, -0.15) is 0 Å². The zero-order valence-electron chi connectivity index (χ0n) is 55.4. The second kappa shape index (κ2) is 54.6. The maximum atomic E-state index is 13.3. The highest BCUT2D eigenvalue weighted by Gasteiger charge is 2.38. The predicted molar refractivity (Wildman–Crippen MR) is 341 cm³/mol. The van der Waals surface area contributed by atoms with Gasteiger partial charge in [0.2, 0.25) is 35.4 Å². The van der Waals surface area contributed by atoms with Crippen LogP contribution in [0.1, 0.15) is 33.1 Å². The summed E-state index contributed by atoms with van der Waals surface area (Å²) in [4.78, 5) is 112. The number of methoxy groups -OCH3 is 2. The number of nitrogens with one attached hydrogen (secondary N) is 6. The van der Waals surface area contributed by atoms with Crippen molar-refractivity contribution in [1.82, 2.24) is 36.8 Å². The number of ether oxygens (including phenoxy) is 11. The molecule has 0 spiro atoms. The Morgan fingerprint density at radius 2 is 0.927 bits per heavy atom. The van der Waals surface area contributed by atoms with Gasteiger partial charge < -0.3 is 129 Å². The average Bonchev–Trinajstić information content (AvgIpc) is 1.56. The Labute approximate surface area is 564 Å². The lowest BCUT2D eigenvalue weighted by molar-refractivity contribution is -0.140. The molecule has 0 aliphatic carbocycles. The molecule has 1 saturated heterocycles. The first-order valence-electron chi connectivity index (χ1n) is 31.4. The number of imide groups is 1. The molecule has 0 saturated carbocycles. The lowest BCUT2D eigenvalue weighted by Gasteiger charge is -2.31. The summed E-state index contributed by atoms with van der Waals surface area (Å²) in [6.07, 6.45) is -11.3. The molecule has 1 heterocycles. The van der Waals surface area contributed by atoms with Crippen LogP contribution in [0.4, 0.5) is 0 Å². The van der Waals surface area contributed by atoms with Crippen LogP contribution in [0, 0.1) is 17.8 Å². The molecule has 16 N–H and O–H groups in total. The van der Waals surface area contributed by atoms with Gasteiger partial charge in [0.1, 0.15) is 49.8 Å². The van der Waals surface area contributed by atoms with Crippen LogP contribution in [0.25, 0.3) is 0 Å². The zero-order valence-corrected chi connectivity index (χ0v) is 58.0. The van der Waals surface area contributed by atoms with Crippen molar-refractivity contribution in [3.63, 3.8) is 0 Å². The third-order valence-electron chi connectivity index (χ3n) is 13.7. The number of carbonyl (C=O) groups excluding carboxylic acids is 6. The van der Waals surface area contributed by atoms with Gasteiger partial charge in [-0.25, -0.2) is 9.13 Å². The molecule has 0 bridgehead atoms. The third kappa shape index (κ3) is 44.2. The van der Waals surface area contributed by atoms with Crippen LogP contribution in [0.2, 0.25) is 5.82 Å². The van der Waals surface area contributed by atoms with Crippen LogP contribution in [0.15, 0.2) is 0 Å². The van der Waals surface area contributed by atoms with Gasteiger partial charge in [-0.15, -0.1) is 11.8 Å². The van der Waals surface area contributed by atoms with E-state index in [4.69, 9.17) is 71.7 Å². The maximum absolute atomic E-state index is 13.3. The molecule has 38 nitrogen and oxygen atoms in total. The monoisotopic (exact) mass is 1450 g/mol. The highest BCUT2D eigenvalue weighted by molar-refractivity contribution is 7.99. The van der Waals surface area contributed by atoms with Crippen molar-refractivity contribution in [2.75, 3.05) is 204 Å². The lowest BCUT2D eigenvalue weighted by atomic mass is 9.86. The molecular weight excluding hydrogens is 1350 g/mol. The summed E-state index contributed by atoms with van der Waals surface area (Å²) < 4.78 is 90.6. The molecule has 562 valence electrons. The molecular formula is C54H106BN7O31P2S. The summed E-state index contributed by atoms with van der Waals surface area (Å²) >= 11 is 1.10. The predicted octanol–water partition coefficient (Wildman–Crippen LogP) is -7.31. The molecule has 0 radical (unpaired) electrons. The number of carbonyl (C=O) groups is 6. The highest BCUT2D eigenvalue weighted by Crippen LogP contribution is 2.37. The lowest BCUT2D eigenvalue weighted by Crippen LogP contribution is -2.53. The molecule has 0 aromatic carbocycles. The summed E-state index contributed by atoms with van der Waals surface area (Å²) in [6.45, 7) is 6.69. The van der Waals surface area contributed by atoms with Crippen LogP contribution >= 0.6 is 27.4 Å². The van der Waals surface area contributed by atoms with Gasteiger partial charge >= 0.3 is 15.6 Å². The van der Waals surface area contributed by atoms with Gasteiger partial charge in [-0.05, 0) is 0 Å². The van der Waals surface area contributed by atoms with E-state index in [9.17, 15) is 68.5 Å². The van der Waals surface area contributed by atoms with E-state index in [1.54, 1.807) is 7.85 Å². The fraction of sp³-hybridized carbons (Fsp3) is 0.889. The van der Waals surface area contributed by atoms with Gasteiger partial charge in [0.05, 0.1) is 144 Å². The van der Waals surface area contributed by atoms with Gasteiger partial charge in [0, 0.05) is 109 Å². The van der Waals surface area contributed by atoms with Gasteiger partial charge in [0.15, 0.2) is 0 Å². The molecule has 42 heteroatoms. The summed E-state index contributed by atoms with van der Waals surface area (Å²) in [6, 6.07) is 0. The van der Waals surface area contributed by atoms with Gasteiger partial charge in [-0.1, -0.05) is 13.8 Å². The largest absolute Gasteiger partial charge is 0.469 e. The number of phosphoric ester groups is 2. The Morgan fingerprint density at radius 1 is 0.521 bits per heavy atom. The molecule has 12 atom stereocenters. The number of likely N-dealkylation sites (tertiary alicyclic amines) is 1. The van der Waals surface area contributed by atoms with E-state index in [2.05, 4.69) is 40.9 Å². The average molecular weight is 1450 g/mol. The number of aliphatic hydroxyl groups is 6. The normalized spacial score (nSPS) is 17.3. The van der Waals surface area contributed by atoms with E-state index >= 15 is 0 Å². The maximum Gasteiger partial charge on any atom is 0.469 e. The fourth-order valence-electron chi connectivity index (χ4n) is 8.32. The van der Waals surface area contributed by atoms with E-state index in [1.165, 1.54) is 28.1 Å². The second-order valence-corrected chi connectivity index (χ2v) is 25.3. The standard InChI is InChI=1S/C54H106BN7O31P2S/c1-37(35-92-94(75,76)77)44(66)46(68)48(70)52(81-3)61-12-18-87-23-28-89-26-21-85-16-10-59-50(72)39(33-42(64)57-7-6-56-8-14-83-19-24-88-25-20-84-15-9-58-41(63)5-13-62-43(65)34-40(55)53(62)74)51(73)60-11-17-86-22-27-90-29-30-91-31-32-96-54(82-4)49(71)47(69)45(67)38(2)36-93-95(78,79)80/h37-40,44-49,52,54,56,61,66-71H,5-36,55H2,1-4H3,(H,57,64)(H,58,63)(H,59,72)(H,60,73)(H2,75,76,77)(H2,78,79,80). The molecule has 1 fully saturated rings. The number of hydrogen-bond acceptors (Lipinski definition) is 30. The van der Waals surface area contributed by atoms with Crippen molar-refractivity contribution in [1.29, 1.82) is 0 Å². The SMILES string of the molecule is BC1CC(=O)N(CCC(=O)NCCOCCOCCOCCNCCNC(=O)CC(C(=O)NCCOCCOCCOCCNC(OC)C(O)C(O)C(O)C(C)COP(=O)(O)O)C(=O)NCCOCCOCCOCCSC(OC)C(O)C(O)C(O)C(C)COP(=O)(O)O)C1=O. The Balaban J connectivity index is 2.44. The quantitative estimate of drug-likeness (QED) is 0.00672. The van der Waals surface area contributed by atoms with Crippen LogP contribution in [-0.2, 0) is 99.1 Å². The number of rotatable bonds is 64. The molecule has 96 heavy (non-hydrogen) atoms. The van der Waals surface area contributed by atoms with Crippen molar-refractivity contribution in [3.8, 4) is 0 Å². The zero-order chi connectivity index (χ0) is 71.7. The van der Waals surface area contributed by atoms with E-state index in [1.807, 2.05) is 0 Å². The molecule has 1 rings (SSSR count). The van der Waals surface area contributed by atoms with Gasteiger partial charge in [0.25, 0.3) is 0 Å². The first kappa shape index (κ1) is 90.9. The van der Waals surface area contributed by atoms with Crippen molar-refractivity contribution in [3.05, 3.63) is 0 Å². The van der Waals surface area contributed by atoms with Crippen molar-refractivity contribution in [2.24, 2.45) is 17.8 Å². The summed E-state index contributed by atoms with van der Waals surface area (Å²) in [5.41, 5.74) is -0.972. The van der Waals surface area contributed by atoms with Crippen LogP contribution in [-0.4, -0.2) is 351 Å². The number of hydrogen-bond donors (Lipinski definition) is 16. The number of amides is 6. The highest BCUT2D eigenvalue weighted by atomic mass is 32.2.